The normalized spacial score (nSPS) is 25.4. The Balaban J connectivity index is 1.99. The van der Waals surface area contributed by atoms with Gasteiger partial charge in [0.05, 0.1) is 15.2 Å². The van der Waals surface area contributed by atoms with Crippen molar-refractivity contribution in [1.82, 2.24) is 4.98 Å². The first-order chi connectivity index (χ1) is 7.72. The van der Waals surface area contributed by atoms with E-state index in [1.54, 1.807) is 0 Å². The van der Waals surface area contributed by atoms with Gasteiger partial charge >= 0.3 is 0 Å². The van der Waals surface area contributed by atoms with Gasteiger partial charge < -0.3 is 5.73 Å². The van der Waals surface area contributed by atoms with E-state index in [2.05, 4.69) is 25.1 Å². The molecule has 0 radical (unpaired) electrons. The van der Waals surface area contributed by atoms with Gasteiger partial charge in [-0.15, -0.1) is 11.3 Å². The molecule has 1 heterocycles. The zero-order chi connectivity index (χ0) is 11.1. The number of rotatable bonds is 1. The van der Waals surface area contributed by atoms with E-state index in [-0.39, 0.29) is 0 Å². The van der Waals surface area contributed by atoms with Crippen molar-refractivity contribution in [3.8, 4) is 0 Å². The minimum atomic E-state index is 0.388. The van der Waals surface area contributed by atoms with Crippen LogP contribution in [0, 0.1) is 6.92 Å². The highest BCUT2D eigenvalue weighted by molar-refractivity contribution is 7.18. The van der Waals surface area contributed by atoms with Gasteiger partial charge in [-0.1, -0.05) is 6.07 Å². The Morgan fingerprint density at radius 3 is 3.00 bits per heavy atom. The Morgan fingerprint density at radius 1 is 1.38 bits per heavy atom. The summed E-state index contributed by atoms with van der Waals surface area (Å²) in [6.45, 7) is 2.12. The topological polar surface area (TPSA) is 38.9 Å². The highest BCUT2D eigenvalue weighted by Gasteiger charge is 2.25. The van der Waals surface area contributed by atoms with Crippen LogP contribution in [0.4, 0.5) is 0 Å². The first kappa shape index (κ1) is 10.2. The van der Waals surface area contributed by atoms with Crippen molar-refractivity contribution >= 4 is 21.6 Å². The molecule has 2 atom stereocenters. The van der Waals surface area contributed by atoms with E-state index in [4.69, 9.17) is 10.7 Å². The number of hydrogen-bond acceptors (Lipinski definition) is 3. The zero-order valence-corrected chi connectivity index (χ0v) is 10.3. The SMILES string of the molecule is Cc1ccc2sc(C3CCC(N)C3)nc2c1. The van der Waals surface area contributed by atoms with E-state index in [1.807, 2.05) is 11.3 Å². The van der Waals surface area contributed by atoms with Crippen LogP contribution in [-0.2, 0) is 0 Å². The molecule has 1 aromatic heterocycles. The number of fused-ring (bicyclic) bond motifs is 1. The van der Waals surface area contributed by atoms with E-state index in [9.17, 15) is 0 Å². The fourth-order valence-electron chi connectivity index (χ4n) is 2.47. The third kappa shape index (κ3) is 1.74. The van der Waals surface area contributed by atoms with Crippen LogP contribution < -0.4 is 5.73 Å². The van der Waals surface area contributed by atoms with E-state index in [0.717, 1.165) is 18.4 Å². The summed E-state index contributed by atoms with van der Waals surface area (Å²) < 4.78 is 1.31. The molecule has 0 spiro atoms. The molecular formula is C13H16N2S. The lowest BCUT2D eigenvalue weighted by atomic mass is 10.1. The molecule has 2 aromatic rings. The van der Waals surface area contributed by atoms with Crippen LogP contribution in [0.3, 0.4) is 0 Å². The van der Waals surface area contributed by atoms with Gasteiger partial charge in [-0.2, -0.15) is 0 Å². The molecule has 3 heteroatoms. The standard InChI is InChI=1S/C13H16N2S/c1-8-2-5-12-11(6-8)15-13(16-12)9-3-4-10(14)7-9/h2,5-6,9-10H,3-4,7,14H2,1H3. The lowest BCUT2D eigenvalue weighted by Crippen LogP contribution is -2.14. The summed E-state index contributed by atoms with van der Waals surface area (Å²) in [6, 6.07) is 6.90. The number of aromatic nitrogens is 1. The number of aryl methyl sites for hydroxylation is 1. The van der Waals surface area contributed by atoms with Gasteiger partial charge in [0.2, 0.25) is 0 Å². The molecule has 0 saturated heterocycles. The predicted octanol–water partition coefficient (Wildman–Crippen LogP) is 3.20. The monoisotopic (exact) mass is 232 g/mol. The first-order valence-corrected chi connectivity index (χ1v) is 6.66. The molecule has 1 aliphatic carbocycles. The lowest BCUT2D eigenvalue weighted by molar-refractivity contribution is 0.673. The summed E-state index contributed by atoms with van der Waals surface area (Å²) in [5.41, 5.74) is 8.40. The summed E-state index contributed by atoms with van der Waals surface area (Å²) in [5, 5.41) is 1.29. The summed E-state index contributed by atoms with van der Waals surface area (Å²) in [6.07, 6.45) is 3.47. The molecule has 0 amide bonds. The highest BCUT2D eigenvalue weighted by atomic mass is 32.1. The zero-order valence-electron chi connectivity index (χ0n) is 9.44. The molecule has 0 bridgehead atoms. The second-order valence-electron chi connectivity index (χ2n) is 4.79. The van der Waals surface area contributed by atoms with E-state index in [1.165, 1.54) is 21.7 Å². The van der Waals surface area contributed by atoms with Crippen molar-refractivity contribution in [1.29, 1.82) is 0 Å². The molecule has 1 aliphatic rings. The largest absolute Gasteiger partial charge is 0.328 e. The van der Waals surface area contributed by atoms with Crippen LogP contribution in [-0.4, -0.2) is 11.0 Å². The number of nitrogens with zero attached hydrogens (tertiary/aromatic N) is 1. The molecule has 1 aromatic carbocycles. The van der Waals surface area contributed by atoms with Crippen molar-refractivity contribution in [2.45, 2.75) is 38.1 Å². The number of benzene rings is 1. The smallest absolute Gasteiger partial charge is 0.0970 e. The number of hydrogen-bond donors (Lipinski definition) is 1. The van der Waals surface area contributed by atoms with Crippen LogP contribution in [0.2, 0.25) is 0 Å². The van der Waals surface area contributed by atoms with Crippen molar-refractivity contribution in [3.05, 3.63) is 28.8 Å². The van der Waals surface area contributed by atoms with Crippen LogP contribution in [0.25, 0.3) is 10.2 Å². The summed E-state index contributed by atoms with van der Waals surface area (Å²) >= 11 is 1.84. The Hall–Kier alpha value is -0.930. The van der Waals surface area contributed by atoms with Crippen LogP contribution in [0.15, 0.2) is 18.2 Å². The Labute approximate surface area is 99.5 Å². The second kappa shape index (κ2) is 3.82. The van der Waals surface area contributed by atoms with Crippen LogP contribution in [0.1, 0.15) is 35.8 Å². The van der Waals surface area contributed by atoms with Gasteiger partial charge in [-0.25, -0.2) is 4.98 Å². The van der Waals surface area contributed by atoms with E-state index < -0.39 is 0 Å². The maximum Gasteiger partial charge on any atom is 0.0970 e. The van der Waals surface area contributed by atoms with Crippen molar-refractivity contribution in [3.63, 3.8) is 0 Å². The third-order valence-corrected chi connectivity index (χ3v) is 4.58. The lowest BCUT2D eigenvalue weighted by Gasteiger charge is -2.03. The van der Waals surface area contributed by atoms with Gasteiger partial charge in [0.1, 0.15) is 0 Å². The molecule has 16 heavy (non-hydrogen) atoms. The van der Waals surface area contributed by atoms with Crippen LogP contribution in [0.5, 0.6) is 0 Å². The molecule has 0 aliphatic heterocycles. The van der Waals surface area contributed by atoms with Gasteiger partial charge in [-0.05, 0) is 43.9 Å². The molecule has 1 saturated carbocycles. The van der Waals surface area contributed by atoms with Crippen molar-refractivity contribution < 1.29 is 0 Å². The molecule has 1 fully saturated rings. The second-order valence-corrected chi connectivity index (χ2v) is 5.86. The quantitative estimate of drug-likeness (QED) is 0.820. The molecule has 3 rings (SSSR count). The Bertz CT molecular complexity index is 518. The van der Waals surface area contributed by atoms with E-state index >= 15 is 0 Å². The summed E-state index contributed by atoms with van der Waals surface area (Å²) in [5.74, 6) is 0.604. The minimum absolute atomic E-state index is 0.388. The van der Waals surface area contributed by atoms with E-state index in [0.29, 0.717) is 12.0 Å². The number of nitrogens with two attached hydrogens (primary N) is 1. The average Bonchev–Trinajstić information content (AvgIpc) is 2.83. The van der Waals surface area contributed by atoms with Gasteiger partial charge in [0.25, 0.3) is 0 Å². The molecule has 84 valence electrons. The fourth-order valence-corrected chi connectivity index (χ4v) is 3.57. The summed E-state index contributed by atoms with van der Waals surface area (Å²) in [7, 11) is 0. The third-order valence-electron chi connectivity index (χ3n) is 3.38. The Morgan fingerprint density at radius 2 is 2.25 bits per heavy atom. The molecular weight excluding hydrogens is 216 g/mol. The maximum atomic E-state index is 5.96. The first-order valence-electron chi connectivity index (χ1n) is 5.85. The van der Waals surface area contributed by atoms with Crippen molar-refractivity contribution in [2.75, 3.05) is 0 Å². The maximum absolute atomic E-state index is 5.96. The van der Waals surface area contributed by atoms with Gasteiger partial charge in [0.15, 0.2) is 0 Å². The molecule has 2 nitrogen and oxygen atoms in total. The van der Waals surface area contributed by atoms with Crippen LogP contribution >= 0.6 is 11.3 Å². The number of thiazole rings is 1. The average molecular weight is 232 g/mol. The van der Waals surface area contributed by atoms with Gasteiger partial charge in [0, 0.05) is 12.0 Å². The molecule has 2 N–H and O–H groups in total. The van der Waals surface area contributed by atoms with Gasteiger partial charge in [-0.3, -0.25) is 0 Å². The predicted molar refractivity (Wildman–Crippen MR) is 68.9 cm³/mol. The molecule has 2 unspecified atom stereocenters. The fraction of sp³-hybridized carbons (Fsp3) is 0.462. The minimum Gasteiger partial charge on any atom is -0.328 e. The summed E-state index contributed by atoms with van der Waals surface area (Å²) in [4.78, 5) is 4.75. The van der Waals surface area contributed by atoms with Crippen molar-refractivity contribution in [2.24, 2.45) is 5.73 Å². The highest BCUT2D eigenvalue weighted by Crippen LogP contribution is 2.37. The Kier molecular flexibility index (Phi) is 2.45.